The molecule has 2 heterocycles. The summed E-state index contributed by atoms with van der Waals surface area (Å²) in [6.07, 6.45) is 9.93. The molecule has 0 fully saturated rings. The normalized spacial score (nSPS) is 10.8. The Kier molecular flexibility index (Phi) is 4.18. The third-order valence-electron chi connectivity index (χ3n) is 3.50. The molecule has 3 rings (SSSR count). The molecular weight excluding hydrogens is 283 g/mol. The Morgan fingerprint density at radius 1 is 1.18 bits per heavy atom. The Morgan fingerprint density at radius 2 is 2.09 bits per heavy atom. The molecule has 6 heteroatoms. The molecule has 0 aliphatic rings. The molecule has 0 atom stereocenters. The number of aromatic nitrogens is 4. The van der Waals surface area contributed by atoms with Gasteiger partial charge in [-0.15, -0.1) is 0 Å². The molecule has 5 nitrogen and oxygen atoms in total. The van der Waals surface area contributed by atoms with E-state index in [1.807, 2.05) is 21.5 Å². The van der Waals surface area contributed by atoms with E-state index in [0.29, 0.717) is 17.1 Å². The number of benzene rings is 1. The lowest BCUT2D eigenvalue weighted by molar-refractivity contribution is 0.414. The summed E-state index contributed by atoms with van der Waals surface area (Å²) in [4.78, 5) is 8.30. The van der Waals surface area contributed by atoms with Crippen molar-refractivity contribution in [3.05, 3.63) is 55.1 Å². The van der Waals surface area contributed by atoms with E-state index >= 15 is 0 Å². The molecule has 1 aromatic carbocycles. The highest BCUT2D eigenvalue weighted by atomic mass is 19.1. The SMILES string of the molecule is COc1ccc(F)c(-c2nccn2CCCn2ccnc2)c1. The number of hydrogen-bond acceptors (Lipinski definition) is 3. The Hall–Kier alpha value is -2.63. The second-order valence-electron chi connectivity index (χ2n) is 4.94. The third-order valence-corrected chi connectivity index (χ3v) is 3.50. The molecule has 0 amide bonds. The first-order valence-electron chi connectivity index (χ1n) is 7.08. The van der Waals surface area contributed by atoms with Crippen molar-refractivity contribution in [2.45, 2.75) is 19.5 Å². The number of nitrogens with zero attached hydrogens (tertiary/aromatic N) is 4. The Labute approximate surface area is 128 Å². The first-order valence-corrected chi connectivity index (χ1v) is 7.08. The van der Waals surface area contributed by atoms with Gasteiger partial charge in [0.25, 0.3) is 0 Å². The highest BCUT2D eigenvalue weighted by molar-refractivity contribution is 5.59. The van der Waals surface area contributed by atoms with Gasteiger partial charge in [-0.1, -0.05) is 0 Å². The van der Waals surface area contributed by atoms with Crippen molar-refractivity contribution >= 4 is 0 Å². The van der Waals surface area contributed by atoms with Crippen LogP contribution in [0.15, 0.2) is 49.3 Å². The zero-order chi connectivity index (χ0) is 15.4. The minimum atomic E-state index is -0.303. The molecule has 0 unspecified atom stereocenters. The number of ether oxygens (including phenoxy) is 1. The number of aryl methyl sites for hydroxylation is 2. The summed E-state index contributed by atoms with van der Waals surface area (Å²) in [7, 11) is 1.56. The highest BCUT2D eigenvalue weighted by Gasteiger charge is 2.12. The van der Waals surface area contributed by atoms with Crippen LogP contribution >= 0.6 is 0 Å². The van der Waals surface area contributed by atoms with E-state index in [1.54, 1.807) is 38.0 Å². The minimum absolute atomic E-state index is 0.303. The maximum atomic E-state index is 14.1. The van der Waals surface area contributed by atoms with Crippen molar-refractivity contribution in [3.8, 4) is 17.1 Å². The molecule has 0 radical (unpaired) electrons. The maximum Gasteiger partial charge on any atom is 0.142 e. The molecule has 3 aromatic rings. The van der Waals surface area contributed by atoms with Crippen molar-refractivity contribution in [2.75, 3.05) is 7.11 Å². The van der Waals surface area contributed by atoms with Crippen LogP contribution in [-0.2, 0) is 13.1 Å². The second-order valence-corrected chi connectivity index (χ2v) is 4.94. The zero-order valence-corrected chi connectivity index (χ0v) is 12.3. The fraction of sp³-hybridized carbons (Fsp3) is 0.250. The molecule has 22 heavy (non-hydrogen) atoms. The lowest BCUT2D eigenvalue weighted by Crippen LogP contribution is -2.04. The van der Waals surface area contributed by atoms with Gasteiger partial charge < -0.3 is 13.9 Å². The van der Waals surface area contributed by atoms with E-state index in [4.69, 9.17) is 4.74 Å². The quantitative estimate of drug-likeness (QED) is 0.703. The van der Waals surface area contributed by atoms with Gasteiger partial charge in [0.2, 0.25) is 0 Å². The standard InChI is InChI=1S/C16H17FN4O/c1-22-13-3-4-15(17)14(11-13)16-19-6-10-21(16)8-2-7-20-9-5-18-12-20/h3-6,9-12H,2,7-8H2,1H3. The van der Waals surface area contributed by atoms with Crippen molar-refractivity contribution in [1.82, 2.24) is 19.1 Å². The van der Waals surface area contributed by atoms with E-state index < -0.39 is 0 Å². The van der Waals surface area contributed by atoms with Gasteiger partial charge in [0, 0.05) is 37.9 Å². The Balaban J connectivity index is 1.77. The van der Waals surface area contributed by atoms with Gasteiger partial charge in [0.1, 0.15) is 17.4 Å². The zero-order valence-electron chi connectivity index (χ0n) is 12.3. The minimum Gasteiger partial charge on any atom is -0.497 e. The molecule has 0 saturated heterocycles. The van der Waals surface area contributed by atoms with E-state index in [2.05, 4.69) is 9.97 Å². The molecule has 0 aliphatic carbocycles. The summed E-state index contributed by atoms with van der Waals surface area (Å²) in [5, 5.41) is 0. The van der Waals surface area contributed by atoms with Gasteiger partial charge in [-0.2, -0.15) is 0 Å². The summed E-state index contributed by atoms with van der Waals surface area (Å²) in [6, 6.07) is 4.67. The number of halogens is 1. The van der Waals surface area contributed by atoms with Gasteiger partial charge in [-0.3, -0.25) is 0 Å². The van der Waals surface area contributed by atoms with Crippen LogP contribution in [0.2, 0.25) is 0 Å². The van der Waals surface area contributed by atoms with Gasteiger partial charge >= 0.3 is 0 Å². The predicted octanol–water partition coefficient (Wildman–Crippen LogP) is 2.98. The summed E-state index contributed by atoms with van der Waals surface area (Å²) in [5.74, 6) is 0.925. The summed E-state index contributed by atoms with van der Waals surface area (Å²) in [5.41, 5.74) is 0.451. The van der Waals surface area contributed by atoms with Gasteiger partial charge in [-0.05, 0) is 24.6 Å². The number of imidazole rings is 2. The fourth-order valence-corrected chi connectivity index (χ4v) is 2.38. The van der Waals surface area contributed by atoms with E-state index in [9.17, 15) is 4.39 Å². The molecule has 2 aromatic heterocycles. The first-order chi connectivity index (χ1) is 10.8. The van der Waals surface area contributed by atoms with Crippen LogP contribution in [0.3, 0.4) is 0 Å². The number of methoxy groups -OCH3 is 1. The monoisotopic (exact) mass is 300 g/mol. The average Bonchev–Trinajstić information content (AvgIpc) is 3.20. The van der Waals surface area contributed by atoms with Crippen LogP contribution in [0, 0.1) is 5.82 Å². The molecule has 0 saturated carbocycles. The average molecular weight is 300 g/mol. The van der Waals surface area contributed by atoms with Crippen LogP contribution in [0.1, 0.15) is 6.42 Å². The molecule has 0 N–H and O–H groups in total. The topological polar surface area (TPSA) is 44.9 Å². The lowest BCUT2D eigenvalue weighted by atomic mass is 10.2. The van der Waals surface area contributed by atoms with Crippen LogP contribution < -0.4 is 4.74 Å². The van der Waals surface area contributed by atoms with E-state index in [0.717, 1.165) is 19.5 Å². The first kappa shape index (κ1) is 14.3. The smallest absolute Gasteiger partial charge is 0.142 e. The Bertz CT molecular complexity index is 736. The predicted molar refractivity (Wildman–Crippen MR) is 81.0 cm³/mol. The van der Waals surface area contributed by atoms with E-state index in [-0.39, 0.29) is 5.82 Å². The lowest BCUT2D eigenvalue weighted by Gasteiger charge is -2.10. The van der Waals surface area contributed by atoms with Crippen LogP contribution in [0.5, 0.6) is 5.75 Å². The van der Waals surface area contributed by atoms with Gasteiger partial charge in [-0.25, -0.2) is 14.4 Å². The largest absolute Gasteiger partial charge is 0.497 e. The van der Waals surface area contributed by atoms with Crippen molar-refractivity contribution in [3.63, 3.8) is 0 Å². The van der Waals surface area contributed by atoms with Gasteiger partial charge in [0.15, 0.2) is 0 Å². The van der Waals surface area contributed by atoms with Crippen molar-refractivity contribution in [2.24, 2.45) is 0 Å². The summed E-state index contributed by atoms with van der Waals surface area (Å²) in [6.45, 7) is 1.61. The molecule has 114 valence electrons. The Morgan fingerprint density at radius 3 is 2.86 bits per heavy atom. The number of rotatable bonds is 6. The molecule has 0 aliphatic heterocycles. The second kappa shape index (κ2) is 6.43. The number of hydrogen-bond donors (Lipinski definition) is 0. The fourth-order valence-electron chi connectivity index (χ4n) is 2.38. The highest BCUT2D eigenvalue weighted by Crippen LogP contribution is 2.26. The van der Waals surface area contributed by atoms with Crippen molar-refractivity contribution in [1.29, 1.82) is 0 Å². The summed E-state index contributed by atoms with van der Waals surface area (Å²) < 4.78 is 23.2. The van der Waals surface area contributed by atoms with Crippen LogP contribution in [-0.4, -0.2) is 26.2 Å². The molecule has 0 spiro atoms. The third kappa shape index (κ3) is 3.00. The summed E-state index contributed by atoms with van der Waals surface area (Å²) >= 11 is 0. The van der Waals surface area contributed by atoms with Crippen molar-refractivity contribution < 1.29 is 9.13 Å². The maximum absolute atomic E-state index is 14.1. The molecule has 0 bridgehead atoms. The van der Waals surface area contributed by atoms with Gasteiger partial charge in [0.05, 0.1) is 19.0 Å². The van der Waals surface area contributed by atoms with Crippen LogP contribution in [0.25, 0.3) is 11.4 Å². The van der Waals surface area contributed by atoms with Crippen LogP contribution in [0.4, 0.5) is 4.39 Å². The molecular formula is C16H17FN4O. The van der Waals surface area contributed by atoms with E-state index in [1.165, 1.54) is 6.07 Å².